The third-order valence-corrected chi connectivity index (χ3v) is 10.8. The van der Waals surface area contributed by atoms with E-state index in [-0.39, 0.29) is 17.8 Å². The van der Waals surface area contributed by atoms with E-state index in [1.54, 1.807) is 12.1 Å². The summed E-state index contributed by atoms with van der Waals surface area (Å²) in [5.74, 6) is -7.57. The van der Waals surface area contributed by atoms with Crippen molar-refractivity contribution in [3.8, 4) is 5.75 Å². The van der Waals surface area contributed by atoms with Crippen LogP contribution >= 0.6 is 0 Å². The van der Waals surface area contributed by atoms with Gasteiger partial charge in [-0.05, 0) is 73.0 Å². The molecule has 0 radical (unpaired) electrons. The van der Waals surface area contributed by atoms with E-state index in [1.807, 2.05) is 0 Å². The monoisotopic (exact) mass is 618 g/mol. The Morgan fingerprint density at radius 3 is 1.45 bits per heavy atom. The Morgan fingerprint density at radius 2 is 1.07 bits per heavy atom. The molecule has 1 aromatic carbocycles. The molecule has 0 saturated heterocycles. The lowest BCUT2D eigenvalue weighted by molar-refractivity contribution is -0.245. The van der Waals surface area contributed by atoms with E-state index < -0.39 is 43.4 Å². The zero-order valence-corrected chi connectivity index (χ0v) is 23.8. The van der Waals surface area contributed by atoms with Crippen molar-refractivity contribution in [1.29, 1.82) is 0 Å². The lowest BCUT2D eigenvalue weighted by Crippen LogP contribution is -2.60. The van der Waals surface area contributed by atoms with E-state index in [9.17, 15) is 39.0 Å². The molecule has 0 aliphatic heterocycles. The second-order valence-electron chi connectivity index (χ2n) is 11.4. The number of rotatable bonds is 9. The van der Waals surface area contributed by atoms with Crippen LogP contribution in [-0.4, -0.2) is 33.6 Å². The predicted molar refractivity (Wildman–Crippen MR) is 139 cm³/mol. The van der Waals surface area contributed by atoms with Crippen molar-refractivity contribution in [2.75, 3.05) is 0 Å². The largest absolute Gasteiger partial charge is 0.450 e. The molecule has 0 amide bonds. The van der Waals surface area contributed by atoms with Gasteiger partial charge in [-0.25, -0.2) is 4.21 Å². The van der Waals surface area contributed by atoms with Crippen LogP contribution in [0.3, 0.4) is 0 Å². The molecule has 0 bridgehead atoms. The van der Waals surface area contributed by atoms with Crippen molar-refractivity contribution in [3.63, 3.8) is 0 Å². The third-order valence-electron chi connectivity index (χ3n) is 8.79. The number of hydrogen-bond donors (Lipinski definition) is 1. The van der Waals surface area contributed by atoms with Gasteiger partial charge < -0.3 is 8.74 Å². The topological polar surface area (TPSA) is 80.7 Å². The molecule has 13 heteroatoms. The minimum atomic E-state index is -6.76. The highest BCUT2D eigenvalue weighted by Gasteiger charge is 2.81. The molecule has 1 unspecified atom stereocenters. The molecule has 4 rings (SSSR count). The van der Waals surface area contributed by atoms with Crippen LogP contribution in [0, 0.1) is 0 Å². The minimum absolute atomic E-state index is 0.174. The maximum absolute atomic E-state index is 14.9. The zero-order valence-electron chi connectivity index (χ0n) is 22.2. The minimum Gasteiger partial charge on any atom is -0.377 e. The fourth-order valence-corrected chi connectivity index (χ4v) is 7.87. The molecule has 40 heavy (non-hydrogen) atoms. The Hall–Kier alpha value is -1.34. The molecule has 1 N–H and O–H groups in total. The molecule has 3 saturated carbocycles. The maximum atomic E-state index is 14.9. The molecule has 228 valence electrons. The summed E-state index contributed by atoms with van der Waals surface area (Å²) >= 11 is -4.78. The van der Waals surface area contributed by atoms with Crippen molar-refractivity contribution in [2.24, 2.45) is 0 Å². The molecule has 3 aliphatic rings. The van der Waals surface area contributed by atoms with Gasteiger partial charge in [-0.1, -0.05) is 69.9 Å². The highest BCUT2D eigenvalue weighted by molar-refractivity contribution is 7.88. The van der Waals surface area contributed by atoms with Crippen molar-refractivity contribution in [3.05, 3.63) is 28.8 Å². The first kappa shape index (κ1) is 31.6. The fourth-order valence-electron chi connectivity index (χ4n) is 6.50. The van der Waals surface area contributed by atoms with Gasteiger partial charge in [0, 0.05) is 0 Å². The van der Waals surface area contributed by atoms with E-state index >= 15 is 0 Å². The number of benzene rings is 1. The molecule has 5 nitrogen and oxygen atoms in total. The molecular formula is C27H36F6O5S2. The average molecular weight is 619 g/mol. The summed E-state index contributed by atoms with van der Waals surface area (Å²) in [5.41, 5.74) is 1.61. The second kappa shape index (κ2) is 12.1. The van der Waals surface area contributed by atoms with E-state index in [0.717, 1.165) is 76.2 Å². The second-order valence-corrected chi connectivity index (χ2v) is 14.0. The van der Waals surface area contributed by atoms with Gasteiger partial charge in [0.05, 0.1) is 0 Å². The van der Waals surface area contributed by atoms with Crippen LogP contribution in [0.5, 0.6) is 5.75 Å². The lowest BCUT2D eigenvalue weighted by Gasteiger charge is -2.33. The van der Waals surface area contributed by atoms with Crippen molar-refractivity contribution in [2.45, 2.75) is 130 Å². The van der Waals surface area contributed by atoms with E-state index in [4.69, 9.17) is 8.74 Å². The Labute approximate surface area is 233 Å². The Balaban J connectivity index is 1.86. The summed E-state index contributed by atoms with van der Waals surface area (Å²) in [6.07, 6.45) is 12.4. The molecule has 0 aromatic heterocycles. The standard InChI is InChI=1S/C27H36F6O5S2/c28-25(29,26(30,31)39(34)35)27(32,33)40(36,37)38-24-22(19-12-6-2-7-13-19)16-21(18-10-4-1-5-11-18)17-23(24)20-14-8-3-9-15-20/h16-20H,1-15H2,(H,34,35). The Morgan fingerprint density at radius 1 is 0.700 bits per heavy atom. The number of alkyl halides is 6. The molecule has 3 fully saturated rings. The van der Waals surface area contributed by atoms with Crippen LogP contribution in [0.15, 0.2) is 12.1 Å². The summed E-state index contributed by atoms with van der Waals surface area (Å²) in [6, 6.07) is 3.49. The highest BCUT2D eigenvalue weighted by atomic mass is 32.2. The summed E-state index contributed by atoms with van der Waals surface area (Å²) in [5, 5.41) is -12.8. The van der Waals surface area contributed by atoms with Gasteiger partial charge in [0.1, 0.15) is 5.75 Å². The Kier molecular flexibility index (Phi) is 9.56. The van der Waals surface area contributed by atoms with Crippen LogP contribution in [0.1, 0.15) is 131 Å². The normalized spacial score (nSPS) is 22.3. The Bertz CT molecular complexity index is 1130. The van der Waals surface area contributed by atoms with Crippen molar-refractivity contribution < 1.29 is 47.7 Å². The first-order chi connectivity index (χ1) is 18.7. The molecule has 0 heterocycles. The van der Waals surface area contributed by atoms with Gasteiger partial charge >= 0.3 is 26.5 Å². The van der Waals surface area contributed by atoms with E-state index in [2.05, 4.69) is 0 Å². The van der Waals surface area contributed by atoms with Crippen LogP contribution in [0.25, 0.3) is 0 Å². The van der Waals surface area contributed by atoms with Gasteiger partial charge in [-0.15, -0.1) is 0 Å². The van der Waals surface area contributed by atoms with Crippen molar-refractivity contribution in [1.82, 2.24) is 0 Å². The quantitative estimate of drug-likeness (QED) is 0.170. The molecule has 1 aromatic rings. The first-order valence-corrected chi connectivity index (χ1v) is 16.6. The molecule has 3 aliphatic carbocycles. The fraction of sp³-hybridized carbons (Fsp3) is 0.778. The van der Waals surface area contributed by atoms with Gasteiger partial charge in [-0.3, -0.25) is 0 Å². The maximum Gasteiger partial charge on any atom is 0.450 e. The highest BCUT2D eigenvalue weighted by Crippen LogP contribution is 2.52. The van der Waals surface area contributed by atoms with Crippen LogP contribution in [-0.2, 0) is 21.2 Å². The lowest BCUT2D eigenvalue weighted by atomic mass is 9.75. The summed E-state index contributed by atoms with van der Waals surface area (Å²) in [4.78, 5) is 0. The molecule has 0 spiro atoms. The third kappa shape index (κ3) is 5.93. The molecular weight excluding hydrogens is 582 g/mol. The zero-order chi connectivity index (χ0) is 29.3. The summed E-state index contributed by atoms with van der Waals surface area (Å²) in [7, 11) is -6.76. The van der Waals surface area contributed by atoms with Crippen molar-refractivity contribution >= 4 is 21.2 Å². The van der Waals surface area contributed by atoms with Crippen LogP contribution < -0.4 is 4.18 Å². The smallest absolute Gasteiger partial charge is 0.377 e. The van der Waals surface area contributed by atoms with E-state index in [1.165, 1.54) is 0 Å². The number of halogens is 6. The predicted octanol–water partition coefficient (Wildman–Crippen LogP) is 8.58. The molecule has 1 atom stereocenters. The van der Waals surface area contributed by atoms with Gasteiger partial charge in [0.15, 0.2) is 0 Å². The first-order valence-electron chi connectivity index (χ1n) is 14.1. The van der Waals surface area contributed by atoms with Gasteiger partial charge in [0.25, 0.3) is 0 Å². The average Bonchev–Trinajstić information content (AvgIpc) is 2.94. The van der Waals surface area contributed by atoms with Gasteiger partial charge in [-0.2, -0.15) is 34.8 Å². The van der Waals surface area contributed by atoms with Crippen LogP contribution in [0.2, 0.25) is 0 Å². The number of hydrogen-bond acceptors (Lipinski definition) is 4. The van der Waals surface area contributed by atoms with Crippen LogP contribution in [0.4, 0.5) is 26.3 Å². The van der Waals surface area contributed by atoms with Gasteiger partial charge in [0.2, 0.25) is 11.1 Å². The summed E-state index contributed by atoms with van der Waals surface area (Å²) in [6.45, 7) is 0. The summed E-state index contributed by atoms with van der Waals surface area (Å²) < 4.78 is 136. The van der Waals surface area contributed by atoms with E-state index in [0.29, 0.717) is 36.8 Å². The SMILES string of the molecule is O=S(O)C(F)(F)C(F)(F)C(F)(F)S(=O)(=O)Oc1c(C2CCCCC2)cc(C2CCCCC2)cc1C1CCCCC1.